The smallest absolute Gasteiger partial charge is 0.175 e. The molecule has 0 unspecified atom stereocenters. The van der Waals surface area contributed by atoms with Crippen LogP contribution in [0.15, 0.2) is 10.5 Å². The maximum absolute atomic E-state index is 13.2. The van der Waals surface area contributed by atoms with Crippen molar-refractivity contribution in [2.24, 2.45) is 0 Å². The van der Waals surface area contributed by atoms with E-state index in [9.17, 15) is 9.18 Å². The molecule has 0 heterocycles. The first kappa shape index (κ1) is 11.0. The molecule has 3 nitrogen and oxygen atoms in total. The lowest BCUT2D eigenvalue weighted by Gasteiger charge is -2.11. The summed E-state index contributed by atoms with van der Waals surface area (Å²) < 4.78 is 23.3. The van der Waals surface area contributed by atoms with Gasteiger partial charge in [0.1, 0.15) is 5.82 Å². The molecule has 0 aliphatic rings. The Balaban J connectivity index is 3.46. The second kappa shape index (κ2) is 4.41. The number of ether oxygens (including phenoxy) is 2. The van der Waals surface area contributed by atoms with E-state index in [0.717, 1.165) is 6.07 Å². The minimum atomic E-state index is -0.649. The van der Waals surface area contributed by atoms with E-state index in [1.165, 1.54) is 14.2 Å². The van der Waals surface area contributed by atoms with Crippen LogP contribution in [0.1, 0.15) is 10.4 Å². The average molecular weight is 263 g/mol. The van der Waals surface area contributed by atoms with Crippen molar-refractivity contribution in [3.63, 3.8) is 0 Å². The van der Waals surface area contributed by atoms with Gasteiger partial charge in [-0.2, -0.15) is 0 Å². The van der Waals surface area contributed by atoms with E-state index in [2.05, 4.69) is 15.9 Å². The topological polar surface area (TPSA) is 35.5 Å². The quantitative estimate of drug-likeness (QED) is 0.785. The maximum atomic E-state index is 13.2. The zero-order valence-electron chi connectivity index (χ0n) is 7.64. The minimum absolute atomic E-state index is 0.0809. The predicted molar refractivity (Wildman–Crippen MR) is 52.6 cm³/mol. The van der Waals surface area contributed by atoms with Crippen LogP contribution in [0.3, 0.4) is 0 Å². The highest BCUT2D eigenvalue weighted by atomic mass is 79.9. The zero-order valence-corrected chi connectivity index (χ0v) is 9.22. The summed E-state index contributed by atoms with van der Waals surface area (Å²) in [6.07, 6.45) is 0.418. The third kappa shape index (κ3) is 1.72. The Morgan fingerprint density at radius 1 is 1.43 bits per heavy atom. The highest BCUT2D eigenvalue weighted by Gasteiger charge is 2.17. The highest BCUT2D eigenvalue weighted by molar-refractivity contribution is 9.10. The van der Waals surface area contributed by atoms with Gasteiger partial charge in [0.05, 0.1) is 24.3 Å². The summed E-state index contributed by atoms with van der Waals surface area (Å²) in [7, 11) is 2.80. The third-order valence-corrected chi connectivity index (χ3v) is 2.50. The molecular formula is C9H8BrFO3. The number of methoxy groups -OCH3 is 2. The summed E-state index contributed by atoms with van der Waals surface area (Å²) in [5, 5.41) is 0. The van der Waals surface area contributed by atoms with Crippen molar-refractivity contribution in [1.29, 1.82) is 0 Å². The van der Waals surface area contributed by atoms with Gasteiger partial charge in [-0.3, -0.25) is 4.79 Å². The first-order valence-corrected chi connectivity index (χ1v) is 4.50. The van der Waals surface area contributed by atoms with Crippen LogP contribution in [-0.4, -0.2) is 20.5 Å². The molecule has 1 aromatic carbocycles. The van der Waals surface area contributed by atoms with Gasteiger partial charge in [-0.1, -0.05) is 0 Å². The Labute approximate surface area is 88.9 Å². The average Bonchev–Trinajstić information content (AvgIpc) is 2.17. The molecule has 0 saturated carbocycles. The van der Waals surface area contributed by atoms with Gasteiger partial charge in [-0.05, 0) is 15.9 Å². The molecule has 0 amide bonds. The molecule has 0 saturated heterocycles. The van der Waals surface area contributed by atoms with Gasteiger partial charge in [-0.25, -0.2) is 4.39 Å². The molecule has 0 aliphatic heterocycles. The Bertz CT molecular complexity index is 366. The lowest BCUT2D eigenvalue weighted by molar-refractivity contribution is 0.111. The van der Waals surface area contributed by atoms with Crippen LogP contribution in [0.2, 0.25) is 0 Å². The number of carbonyl (C=O) groups excluding carboxylic acids is 1. The van der Waals surface area contributed by atoms with Crippen molar-refractivity contribution in [3.05, 3.63) is 21.9 Å². The van der Waals surface area contributed by atoms with E-state index < -0.39 is 5.82 Å². The molecule has 76 valence electrons. The van der Waals surface area contributed by atoms with Crippen molar-refractivity contribution in [3.8, 4) is 11.5 Å². The van der Waals surface area contributed by atoms with E-state index in [0.29, 0.717) is 12.0 Å². The molecule has 1 aromatic rings. The second-order valence-corrected chi connectivity index (χ2v) is 3.23. The van der Waals surface area contributed by atoms with Crippen LogP contribution in [-0.2, 0) is 0 Å². The summed E-state index contributed by atoms with van der Waals surface area (Å²) in [4.78, 5) is 10.5. The molecule has 14 heavy (non-hydrogen) atoms. The van der Waals surface area contributed by atoms with Gasteiger partial charge >= 0.3 is 0 Å². The SMILES string of the molecule is COc1cc(F)c(C=O)c(Br)c1OC. The van der Waals surface area contributed by atoms with Crippen LogP contribution < -0.4 is 9.47 Å². The lowest BCUT2D eigenvalue weighted by Crippen LogP contribution is -1.97. The number of hydrogen-bond acceptors (Lipinski definition) is 3. The molecule has 0 bridgehead atoms. The highest BCUT2D eigenvalue weighted by Crippen LogP contribution is 2.38. The van der Waals surface area contributed by atoms with Crippen molar-refractivity contribution in [2.45, 2.75) is 0 Å². The van der Waals surface area contributed by atoms with Gasteiger partial charge in [0, 0.05) is 6.07 Å². The van der Waals surface area contributed by atoms with Crippen molar-refractivity contribution in [1.82, 2.24) is 0 Å². The molecule has 0 fully saturated rings. The molecule has 0 N–H and O–H groups in total. The number of benzene rings is 1. The van der Waals surface area contributed by atoms with Crippen LogP contribution in [0.5, 0.6) is 11.5 Å². The normalized spacial score (nSPS) is 9.71. The minimum Gasteiger partial charge on any atom is -0.493 e. The Kier molecular flexibility index (Phi) is 3.46. The summed E-state index contributed by atoms with van der Waals surface area (Å²) >= 11 is 3.07. The van der Waals surface area contributed by atoms with Gasteiger partial charge in [-0.15, -0.1) is 0 Å². The molecule has 0 aromatic heterocycles. The number of carbonyl (C=O) groups is 1. The van der Waals surface area contributed by atoms with Crippen LogP contribution in [0, 0.1) is 5.82 Å². The standard InChI is InChI=1S/C9H8BrFO3/c1-13-7-3-6(11)5(4-12)8(10)9(7)14-2/h3-4H,1-2H3. The van der Waals surface area contributed by atoms with E-state index >= 15 is 0 Å². The number of rotatable bonds is 3. The number of hydrogen-bond donors (Lipinski definition) is 0. The first-order valence-electron chi connectivity index (χ1n) is 3.70. The maximum Gasteiger partial charge on any atom is 0.175 e. The van der Waals surface area contributed by atoms with E-state index in [4.69, 9.17) is 9.47 Å². The van der Waals surface area contributed by atoms with Crippen LogP contribution in [0.4, 0.5) is 4.39 Å². The van der Waals surface area contributed by atoms with Gasteiger partial charge in [0.2, 0.25) is 0 Å². The summed E-state index contributed by atoms with van der Waals surface area (Å²) in [5.41, 5.74) is -0.0809. The monoisotopic (exact) mass is 262 g/mol. The fraction of sp³-hybridized carbons (Fsp3) is 0.222. The fourth-order valence-electron chi connectivity index (χ4n) is 1.04. The van der Waals surface area contributed by atoms with E-state index in [1.807, 2.05) is 0 Å². The molecule has 5 heteroatoms. The Morgan fingerprint density at radius 3 is 2.50 bits per heavy atom. The van der Waals surface area contributed by atoms with E-state index in [-0.39, 0.29) is 15.8 Å². The Hall–Kier alpha value is -1.10. The van der Waals surface area contributed by atoms with Crippen molar-refractivity contribution < 1.29 is 18.7 Å². The largest absolute Gasteiger partial charge is 0.493 e. The van der Waals surface area contributed by atoms with Crippen LogP contribution in [0.25, 0.3) is 0 Å². The van der Waals surface area contributed by atoms with Gasteiger partial charge in [0.25, 0.3) is 0 Å². The van der Waals surface area contributed by atoms with Crippen LogP contribution >= 0.6 is 15.9 Å². The second-order valence-electron chi connectivity index (χ2n) is 2.44. The molecule has 0 atom stereocenters. The lowest BCUT2D eigenvalue weighted by atomic mass is 10.2. The fourth-order valence-corrected chi connectivity index (χ4v) is 1.68. The molecule has 0 aliphatic carbocycles. The molecule has 1 rings (SSSR count). The third-order valence-electron chi connectivity index (χ3n) is 1.72. The predicted octanol–water partition coefficient (Wildman–Crippen LogP) is 2.42. The summed E-state index contributed by atoms with van der Waals surface area (Å²) in [5.74, 6) is -0.108. The molecular weight excluding hydrogens is 255 g/mol. The van der Waals surface area contributed by atoms with Crippen molar-refractivity contribution >= 4 is 22.2 Å². The summed E-state index contributed by atoms with van der Waals surface area (Å²) in [6, 6.07) is 1.10. The van der Waals surface area contributed by atoms with Crippen molar-refractivity contribution in [2.75, 3.05) is 14.2 Å². The first-order chi connectivity index (χ1) is 6.65. The summed E-state index contributed by atoms with van der Waals surface area (Å²) in [6.45, 7) is 0. The zero-order chi connectivity index (χ0) is 10.7. The van der Waals surface area contributed by atoms with Gasteiger partial charge in [0.15, 0.2) is 17.8 Å². The Morgan fingerprint density at radius 2 is 2.07 bits per heavy atom. The van der Waals surface area contributed by atoms with E-state index in [1.54, 1.807) is 0 Å². The number of halogens is 2. The molecule has 0 radical (unpaired) electrons. The number of aldehydes is 1. The molecule has 0 spiro atoms. The van der Waals surface area contributed by atoms with Gasteiger partial charge < -0.3 is 9.47 Å².